The van der Waals surface area contributed by atoms with Crippen LogP contribution >= 0.6 is 11.6 Å². The zero-order valence-corrected chi connectivity index (χ0v) is 12.8. The van der Waals surface area contributed by atoms with Crippen molar-refractivity contribution in [3.8, 4) is 11.8 Å². The van der Waals surface area contributed by atoms with E-state index in [0.29, 0.717) is 0 Å². The molecule has 3 rings (SSSR count). The number of halogens is 4. The largest absolute Gasteiger partial charge is 0.393 e. The molecule has 2 aliphatic carbocycles. The van der Waals surface area contributed by atoms with Crippen LogP contribution in [0.5, 0.6) is 0 Å². The molecule has 2 aliphatic rings. The number of amides is 2. The van der Waals surface area contributed by atoms with Gasteiger partial charge in [0.1, 0.15) is 0 Å². The lowest BCUT2D eigenvalue weighted by molar-refractivity contribution is -0.150. The van der Waals surface area contributed by atoms with Crippen LogP contribution in [-0.4, -0.2) is 12.2 Å². The molecule has 1 aromatic rings. The van der Waals surface area contributed by atoms with E-state index >= 15 is 0 Å². The first-order valence-electron chi connectivity index (χ1n) is 7.18. The number of carbonyl (C=O) groups excluding carboxylic acids is 1. The molecule has 122 valence electrons. The molecule has 2 atom stereocenters. The lowest BCUT2D eigenvalue weighted by atomic mass is 9.91. The van der Waals surface area contributed by atoms with Crippen LogP contribution in [0.1, 0.15) is 24.8 Å². The molecule has 0 heterocycles. The van der Waals surface area contributed by atoms with Crippen molar-refractivity contribution in [3.05, 3.63) is 28.8 Å². The summed E-state index contributed by atoms with van der Waals surface area (Å²) in [7, 11) is 0. The van der Waals surface area contributed by atoms with Crippen molar-refractivity contribution in [2.45, 2.75) is 30.9 Å². The Balaban J connectivity index is 2.06. The van der Waals surface area contributed by atoms with E-state index in [9.17, 15) is 18.0 Å². The Hall–Kier alpha value is -1.87. The summed E-state index contributed by atoms with van der Waals surface area (Å²) < 4.78 is 39.7. The first kappa shape index (κ1) is 16.0. The van der Waals surface area contributed by atoms with Crippen molar-refractivity contribution >= 4 is 23.3 Å². The number of urea groups is 1. The molecule has 0 spiro atoms. The Labute approximate surface area is 136 Å². The molecule has 2 saturated carbocycles. The highest BCUT2D eigenvalue weighted by Crippen LogP contribution is 2.62. The lowest BCUT2D eigenvalue weighted by Gasteiger charge is -2.18. The number of hydrogen-bond acceptors (Lipinski definition) is 1. The van der Waals surface area contributed by atoms with Crippen molar-refractivity contribution in [1.82, 2.24) is 0 Å². The highest BCUT2D eigenvalue weighted by atomic mass is 35.5. The van der Waals surface area contributed by atoms with Gasteiger partial charge in [-0.1, -0.05) is 23.4 Å². The average molecular weight is 343 g/mol. The van der Waals surface area contributed by atoms with Gasteiger partial charge >= 0.3 is 12.2 Å². The van der Waals surface area contributed by atoms with Crippen LogP contribution < -0.4 is 11.1 Å². The van der Waals surface area contributed by atoms with Crippen LogP contribution in [0.15, 0.2) is 18.2 Å². The number of anilines is 1. The Kier molecular flexibility index (Phi) is 3.72. The number of alkyl halides is 3. The number of primary amides is 1. The highest BCUT2D eigenvalue weighted by Gasteiger charge is 2.67. The van der Waals surface area contributed by atoms with E-state index in [1.54, 1.807) is 0 Å². The van der Waals surface area contributed by atoms with Crippen LogP contribution in [-0.2, 0) is 5.41 Å². The lowest BCUT2D eigenvalue weighted by Crippen LogP contribution is -2.24. The van der Waals surface area contributed by atoms with Gasteiger partial charge in [0.15, 0.2) is 0 Å². The van der Waals surface area contributed by atoms with E-state index in [1.807, 2.05) is 0 Å². The van der Waals surface area contributed by atoms with Crippen LogP contribution in [0.3, 0.4) is 0 Å². The third-order valence-corrected chi connectivity index (χ3v) is 4.39. The molecule has 0 aromatic heterocycles. The number of hydrogen-bond donors (Lipinski definition) is 2. The van der Waals surface area contributed by atoms with Gasteiger partial charge in [-0.15, -0.1) is 0 Å². The van der Waals surface area contributed by atoms with Gasteiger partial charge in [-0.3, -0.25) is 0 Å². The molecule has 23 heavy (non-hydrogen) atoms. The van der Waals surface area contributed by atoms with E-state index in [2.05, 4.69) is 17.2 Å². The second-order valence-corrected chi connectivity index (χ2v) is 6.43. The van der Waals surface area contributed by atoms with Gasteiger partial charge in [-0.05, 0) is 43.0 Å². The maximum atomic E-state index is 13.2. The van der Waals surface area contributed by atoms with Crippen molar-refractivity contribution in [3.63, 3.8) is 0 Å². The summed E-state index contributed by atoms with van der Waals surface area (Å²) in [5, 5.41) is 2.65. The topological polar surface area (TPSA) is 55.1 Å². The summed E-state index contributed by atoms with van der Waals surface area (Å²) in [5.74, 6) is 4.36. The predicted molar refractivity (Wildman–Crippen MR) is 81.0 cm³/mol. The maximum Gasteiger partial charge on any atom is 0.393 e. The van der Waals surface area contributed by atoms with E-state index < -0.39 is 23.5 Å². The second kappa shape index (κ2) is 5.34. The monoisotopic (exact) mass is 342 g/mol. The molecular formula is C16H14ClF3N2O. The van der Waals surface area contributed by atoms with Gasteiger partial charge in [0.2, 0.25) is 0 Å². The summed E-state index contributed by atoms with van der Waals surface area (Å²) in [6, 6.07) is 3.53. The van der Waals surface area contributed by atoms with Crippen LogP contribution in [0.4, 0.5) is 23.7 Å². The molecule has 7 heteroatoms. The van der Waals surface area contributed by atoms with Crippen LogP contribution in [0, 0.1) is 23.7 Å². The minimum Gasteiger partial charge on any atom is -0.351 e. The normalized spacial score (nSPS) is 26.2. The first-order chi connectivity index (χ1) is 10.7. The van der Waals surface area contributed by atoms with Gasteiger partial charge in [0.25, 0.3) is 0 Å². The molecular weight excluding hydrogens is 329 g/mol. The number of nitrogens with one attached hydrogen (secondary N) is 1. The standard InChI is InChI=1S/C16H14ClF3N2O/c17-10-3-4-12(22-14(21)23)11(7-10)15(6-5-9-1-2-9)8-13(15)16(18,19)20/h3-4,7,9,13H,1-2,8H2,(H3,21,22,23)/t13-,15-/m0/s1. The van der Waals surface area contributed by atoms with Gasteiger partial charge in [0.05, 0.1) is 11.3 Å². The maximum absolute atomic E-state index is 13.2. The van der Waals surface area contributed by atoms with Crippen molar-refractivity contribution in [2.24, 2.45) is 17.6 Å². The van der Waals surface area contributed by atoms with Gasteiger partial charge in [-0.2, -0.15) is 13.2 Å². The van der Waals surface area contributed by atoms with E-state index in [0.717, 1.165) is 12.8 Å². The van der Waals surface area contributed by atoms with Crippen molar-refractivity contribution in [1.29, 1.82) is 0 Å². The summed E-state index contributed by atoms with van der Waals surface area (Å²) in [6.07, 6.45) is -2.65. The highest BCUT2D eigenvalue weighted by molar-refractivity contribution is 6.30. The zero-order valence-electron chi connectivity index (χ0n) is 12.0. The minimum atomic E-state index is -4.36. The molecule has 0 unspecified atom stereocenters. The number of nitrogens with two attached hydrogens (primary N) is 1. The van der Waals surface area contributed by atoms with Crippen LogP contribution in [0.2, 0.25) is 5.02 Å². The molecule has 0 bridgehead atoms. The molecule has 2 fully saturated rings. The van der Waals surface area contributed by atoms with Crippen LogP contribution in [0.25, 0.3) is 0 Å². The number of carbonyl (C=O) groups is 1. The molecule has 0 aliphatic heterocycles. The first-order valence-corrected chi connectivity index (χ1v) is 7.56. The molecule has 1 aromatic carbocycles. The third-order valence-electron chi connectivity index (χ3n) is 4.15. The van der Waals surface area contributed by atoms with E-state index in [1.165, 1.54) is 18.2 Å². The second-order valence-electron chi connectivity index (χ2n) is 5.99. The number of rotatable bonds is 2. The molecule has 2 amide bonds. The SMILES string of the molecule is NC(=O)Nc1ccc(Cl)cc1[C@]1(C#CC2CC2)C[C@@H]1C(F)(F)F. The summed E-state index contributed by atoms with van der Waals surface area (Å²) in [4.78, 5) is 11.1. The Bertz CT molecular complexity index is 718. The third kappa shape index (κ3) is 3.25. The number of benzene rings is 1. The quantitative estimate of drug-likeness (QED) is 0.782. The molecule has 0 saturated heterocycles. The summed E-state index contributed by atoms with van der Waals surface area (Å²) in [6.45, 7) is 0. The Morgan fingerprint density at radius 3 is 2.61 bits per heavy atom. The van der Waals surface area contributed by atoms with Gasteiger partial charge < -0.3 is 11.1 Å². The van der Waals surface area contributed by atoms with Crippen molar-refractivity contribution < 1.29 is 18.0 Å². The smallest absolute Gasteiger partial charge is 0.351 e. The van der Waals surface area contributed by atoms with E-state index in [4.69, 9.17) is 17.3 Å². The Morgan fingerprint density at radius 1 is 1.39 bits per heavy atom. The molecule has 3 N–H and O–H groups in total. The fourth-order valence-corrected chi connectivity index (χ4v) is 2.92. The fraction of sp³-hybridized carbons (Fsp3) is 0.438. The fourth-order valence-electron chi connectivity index (χ4n) is 2.75. The Morgan fingerprint density at radius 2 is 2.09 bits per heavy atom. The molecule has 3 nitrogen and oxygen atoms in total. The summed E-state index contributed by atoms with van der Waals surface area (Å²) in [5.41, 5.74) is 4.25. The van der Waals surface area contributed by atoms with E-state index in [-0.39, 0.29) is 28.6 Å². The minimum absolute atomic E-state index is 0.135. The summed E-state index contributed by atoms with van der Waals surface area (Å²) >= 11 is 5.95. The molecule has 0 radical (unpaired) electrons. The zero-order chi connectivity index (χ0) is 16.8. The van der Waals surface area contributed by atoms with Crippen molar-refractivity contribution in [2.75, 3.05) is 5.32 Å². The average Bonchev–Trinajstić information content (AvgIpc) is 3.32. The van der Waals surface area contributed by atoms with Gasteiger partial charge in [0, 0.05) is 16.6 Å². The predicted octanol–water partition coefficient (Wildman–Crippen LogP) is 4.06. The van der Waals surface area contributed by atoms with Gasteiger partial charge in [-0.25, -0.2) is 4.79 Å².